The normalized spacial score (nSPS) is 26.6. The number of hydrogen-bond donors (Lipinski definition) is 1. The molecule has 0 bridgehead atoms. The highest BCUT2D eigenvalue weighted by atomic mass is 32.2. The van der Waals surface area contributed by atoms with Crippen molar-refractivity contribution >= 4 is 23.6 Å². The van der Waals surface area contributed by atoms with E-state index in [-0.39, 0.29) is 36.9 Å². The number of piperidine rings is 1. The fraction of sp³-hybridized carbons (Fsp3) is 0.455. The fourth-order valence-corrected chi connectivity index (χ4v) is 8.03. The van der Waals surface area contributed by atoms with Crippen LogP contribution in [0.1, 0.15) is 32.9 Å². The second-order valence-electron chi connectivity index (χ2n) is 12.5. The molecule has 2 fully saturated rings. The number of halogens is 4. The Balaban J connectivity index is 1.30. The van der Waals surface area contributed by atoms with Crippen LogP contribution < -0.4 is 0 Å². The number of nitrogens with zero attached hydrogens (tertiary/aromatic N) is 7. The lowest BCUT2D eigenvalue weighted by Crippen LogP contribution is -2.56. The lowest BCUT2D eigenvalue weighted by Gasteiger charge is -2.47. The topological polar surface area (TPSA) is 147 Å². The summed E-state index contributed by atoms with van der Waals surface area (Å²) >= 11 is 1.21. The highest BCUT2D eigenvalue weighted by Crippen LogP contribution is 2.44. The van der Waals surface area contributed by atoms with E-state index in [1.165, 1.54) is 60.4 Å². The summed E-state index contributed by atoms with van der Waals surface area (Å²) in [4.78, 5) is 26.1. The monoisotopic (exact) mass is 733 g/mol. The summed E-state index contributed by atoms with van der Waals surface area (Å²) in [6, 6.07) is 6.09. The van der Waals surface area contributed by atoms with Crippen LogP contribution in [0.3, 0.4) is 0 Å². The number of aliphatic hydroxyl groups excluding tert-OH is 1. The maximum Gasteiger partial charge on any atom is 0.302 e. The number of hydrogen-bond acceptors (Lipinski definition) is 11. The van der Waals surface area contributed by atoms with Crippen molar-refractivity contribution in [2.75, 3.05) is 26.8 Å². The van der Waals surface area contributed by atoms with Crippen molar-refractivity contribution in [2.24, 2.45) is 5.92 Å². The summed E-state index contributed by atoms with van der Waals surface area (Å²) in [6.45, 7) is 4.64. The zero-order valence-corrected chi connectivity index (χ0v) is 28.7. The Hall–Kier alpha value is -4.39. The minimum atomic E-state index is -1.61. The molecule has 8 unspecified atom stereocenters. The first-order valence-corrected chi connectivity index (χ1v) is 16.9. The van der Waals surface area contributed by atoms with Crippen LogP contribution >= 0.6 is 11.8 Å². The molecule has 2 saturated heterocycles. The molecule has 4 heterocycles. The van der Waals surface area contributed by atoms with Crippen molar-refractivity contribution in [3.63, 3.8) is 0 Å². The van der Waals surface area contributed by atoms with Gasteiger partial charge in [0.2, 0.25) is 5.91 Å². The van der Waals surface area contributed by atoms with Gasteiger partial charge in [0.05, 0.1) is 41.9 Å². The molecule has 2 aliphatic rings. The van der Waals surface area contributed by atoms with Crippen molar-refractivity contribution in [2.45, 2.75) is 61.9 Å². The molecule has 0 radical (unpaired) electrons. The van der Waals surface area contributed by atoms with Gasteiger partial charge in [0.15, 0.2) is 17.5 Å². The Kier molecular flexibility index (Phi) is 10.8. The predicted molar refractivity (Wildman–Crippen MR) is 174 cm³/mol. The fourth-order valence-electron chi connectivity index (χ4n) is 6.45. The number of amides is 1. The third-order valence-corrected chi connectivity index (χ3v) is 10.6. The number of methoxy groups -OCH3 is 1. The van der Waals surface area contributed by atoms with Gasteiger partial charge in [0.1, 0.15) is 35.4 Å². The molecule has 4 aromatic rings. The maximum atomic E-state index is 14.1. The highest BCUT2D eigenvalue weighted by molar-refractivity contribution is 8.00. The molecule has 13 nitrogen and oxygen atoms in total. The van der Waals surface area contributed by atoms with Gasteiger partial charge in [-0.2, -0.15) is 0 Å². The van der Waals surface area contributed by atoms with Crippen molar-refractivity contribution in [1.82, 2.24) is 34.9 Å². The second kappa shape index (κ2) is 15.1. The van der Waals surface area contributed by atoms with Gasteiger partial charge in [-0.3, -0.25) is 9.59 Å². The smallest absolute Gasteiger partial charge is 0.302 e. The first-order chi connectivity index (χ1) is 24.3. The number of benzene rings is 2. The van der Waals surface area contributed by atoms with Crippen molar-refractivity contribution in [3.05, 3.63) is 72.1 Å². The molecule has 0 aliphatic carbocycles. The zero-order chi connectivity index (χ0) is 36.6. The molecule has 8 atom stereocenters. The minimum Gasteiger partial charge on any atom is -0.463 e. The maximum absolute atomic E-state index is 14.1. The van der Waals surface area contributed by atoms with Crippen LogP contribution in [0.25, 0.3) is 22.5 Å². The van der Waals surface area contributed by atoms with Crippen molar-refractivity contribution in [3.8, 4) is 22.5 Å². The first kappa shape index (κ1) is 36.4. The van der Waals surface area contributed by atoms with E-state index < -0.39 is 76.2 Å². The van der Waals surface area contributed by atoms with Gasteiger partial charge in [0, 0.05) is 51.1 Å². The molecule has 2 aliphatic heterocycles. The van der Waals surface area contributed by atoms with Crippen molar-refractivity contribution in [1.29, 1.82) is 0 Å². The van der Waals surface area contributed by atoms with Gasteiger partial charge in [-0.25, -0.2) is 26.9 Å². The number of thioether (sulfide) groups is 1. The van der Waals surface area contributed by atoms with E-state index in [0.29, 0.717) is 11.3 Å². The summed E-state index contributed by atoms with van der Waals surface area (Å²) < 4.78 is 76.4. The van der Waals surface area contributed by atoms with Crippen LogP contribution in [0, 0.1) is 29.2 Å². The number of aromatic nitrogens is 6. The summed E-state index contributed by atoms with van der Waals surface area (Å²) in [5.74, 6) is -6.02. The Labute approximate surface area is 293 Å². The van der Waals surface area contributed by atoms with Crippen LogP contribution in [-0.4, -0.2) is 108 Å². The van der Waals surface area contributed by atoms with Crippen molar-refractivity contribution < 1.29 is 46.5 Å². The van der Waals surface area contributed by atoms with Crippen LogP contribution in [0.4, 0.5) is 17.6 Å². The quantitative estimate of drug-likeness (QED) is 0.152. The molecule has 6 rings (SSSR count). The van der Waals surface area contributed by atoms with Crippen LogP contribution in [0.2, 0.25) is 0 Å². The average Bonchev–Trinajstić information content (AvgIpc) is 3.78. The molecule has 51 heavy (non-hydrogen) atoms. The predicted octanol–water partition coefficient (Wildman–Crippen LogP) is 3.81. The van der Waals surface area contributed by atoms with E-state index in [1.807, 2.05) is 6.92 Å². The zero-order valence-electron chi connectivity index (χ0n) is 27.9. The summed E-state index contributed by atoms with van der Waals surface area (Å²) in [5, 5.41) is 27.8. The molecule has 0 spiro atoms. The van der Waals surface area contributed by atoms with Crippen LogP contribution in [0.15, 0.2) is 48.8 Å². The largest absolute Gasteiger partial charge is 0.463 e. The van der Waals surface area contributed by atoms with E-state index in [2.05, 4.69) is 20.6 Å². The Morgan fingerprint density at radius 1 is 0.980 bits per heavy atom. The number of aliphatic hydroxyl groups is 1. The first-order valence-electron chi connectivity index (χ1n) is 16.0. The number of esters is 1. The second-order valence-corrected chi connectivity index (χ2v) is 13.8. The van der Waals surface area contributed by atoms with Gasteiger partial charge >= 0.3 is 5.97 Å². The summed E-state index contributed by atoms with van der Waals surface area (Å²) in [5.41, 5.74) is 0.0583. The van der Waals surface area contributed by atoms with Crippen LogP contribution in [-0.2, 0) is 23.8 Å². The Morgan fingerprint density at radius 3 is 2.29 bits per heavy atom. The van der Waals surface area contributed by atoms with E-state index >= 15 is 0 Å². The molecule has 18 heteroatoms. The number of rotatable bonds is 9. The molecule has 2 aromatic carbocycles. The third-order valence-electron chi connectivity index (χ3n) is 9.16. The molecule has 0 saturated carbocycles. The molecular formula is C33H35F4N7O6S. The van der Waals surface area contributed by atoms with E-state index in [9.17, 15) is 32.3 Å². The molecule has 2 aromatic heterocycles. The molecule has 1 amide bonds. The third kappa shape index (κ3) is 7.63. The minimum absolute atomic E-state index is 0.0388. The SMILES string of the molecule is COC1C(SC2CN(C(C)=O)CC(n3cc(-c4cccc(F)c4)nn3)C2O)OC(COC(C)=O)C(C)C1n1cc(-c2cc(F)c(F)c(F)c2)nn1. The summed E-state index contributed by atoms with van der Waals surface area (Å²) in [7, 11) is 1.46. The number of carbonyl (C=O) groups is 2. The number of likely N-dealkylation sites (tertiary alicyclic amines) is 1. The summed E-state index contributed by atoms with van der Waals surface area (Å²) in [6.07, 6.45) is 0.454. The van der Waals surface area contributed by atoms with Gasteiger partial charge in [-0.05, 0) is 24.3 Å². The molecular weight excluding hydrogens is 698 g/mol. The van der Waals surface area contributed by atoms with Gasteiger partial charge in [-0.1, -0.05) is 29.5 Å². The lowest BCUT2D eigenvalue weighted by atomic mass is 9.89. The van der Waals surface area contributed by atoms with Gasteiger partial charge < -0.3 is 24.2 Å². The standard InChI is InChI=1S/C33H35F4N7O6S/c1-16-27(15-49-18(3)46)50-33(32(48-4)30(16)44-12-25(39-41-44)20-9-22(35)29(37)23(36)10-20)51-28-14-42(17(2)45)13-26(31(28)47)43-11-24(38-40-43)19-6-5-7-21(34)8-19/h5-12,16,26-28,30-33,47H,13-15H2,1-4H3. The number of carbonyl (C=O) groups excluding carboxylic acids is 2. The Bertz CT molecular complexity index is 1870. The van der Waals surface area contributed by atoms with Crippen LogP contribution in [0.5, 0.6) is 0 Å². The average molecular weight is 734 g/mol. The molecule has 1 N–H and O–H groups in total. The number of ether oxygens (including phenoxy) is 3. The lowest BCUT2D eigenvalue weighted by molar-refractivity contribution is -0.172. The Morgan fingerprint density at radius 2 is 1.65 bits per heavy atom. The highest BCUT2D eigenvalue weighted by Gasteiger charge is 2.49. The van der Waals surface area contributed by atoms with E-state index in [1.54, 1.807) is 23.2 Å². The van der Waals surface area contributed by atoms with Gasteiger partial charge in [0.25, 0.3) is 0 Å². The molecule has 272 valence electrons. The van der Waals surface area contributed by atoms with E-state index in [4.69, 9.17) is 14.2 Å². The van der Waals surface area contributed by atoms with Gasteiger partial charge in [-0.15, -0.1) is 22.0 Å². The van der Waals surface area contributed by atoms with E-state index in [0.717, 1.165) is 12.1 Å².